The maximum absolute atomic E-state index is 12.7. The van der Waals surface area contributed by atoms with Gasteiger partial charge in [0.2, 0.25) is 5.91 Å². The molecule has 0 bridgehead atoms. The summed E-state index contributed by atoms with van der Waals surface area (Å²) in [6.45, 7) is -0.0877. The second-order valence-corrected chi connectivity index (χ2v) is 6.85. The molecule has 0 aliphatic heterocycles. The van der Waals surface area contributed by atoms with Crippen molar-refractivity contribution in [2.24, 2.45) is 0 Å². The summed E-state index contributed by atoms with van der Waals surface area (Å²) in [6, 6.07) is 22.6. The quantitative estimate of drug-likeness (QED) is 0.736. The Morgan fingerprint density at radius 2 is 1.56 bits per heavy atom. The van der Waals surface area contributed by atoms with Crippen LogP contribution in [0, 0.1) is 0 Å². The first-order valence-electron chi connectivity index (χ1n) is 9.18. The molecule has 1 heterocycles. The van der Waals surface area contributed by atoms with Crippen LogP contribution in [0.15, 0.2) is 77.6 Å². The lowest BCUT2D eigenvalue weighted by Crippen LogP contribution is -2.36. The molecule has 5 heteroatoms. The van der Waals surface area contributed by atoms with Crippen LogP contribution in [0.1, 0.15) is 41.6 Å². The van der Waals surface area contributed by atoms with Crippen molar-refractivity contribution in [1.82, 2.24) is 15.1 Å². The van der Waals surface area contributed by atoms with E-state index in [0.717, 1.165) is 29.7 Å². The van der Waals surface area contributed by atoms with Gasteiger partial charge in [-0.05, 0) is 30.0 Å². The van der Waals surface area contributed by atoms with Crippen LogP contribution in [0.2, 0.25) is 0 Å². The van der Waals surface area contributed by atoms with E-state index < -0.39 is 0 Å². The molecule has 1 N–H and O–H groups in total. The van der Waals surface area contributed by atoms with Crippen LogP contribution < -0.4 is 10.9 Å². The predicted octanol–water partition coefficient (Wildman–Crippen LogP) is 3.03. The molecule has 0 saturated heterocycles. The molecule has 0 spiro atoms. The summed E-state index contributed by atoms with van der Waals surface area (Å²) in [6.07, 6.45) is 2.20. The molecule has 3 aromatic rings. The zero-order valence-electron chi connectivity index (χ0n) is 14.9. The minimum absolute atomic E-state index is 0.0877. The first kappa shape index (κ1) is 17.2. The average molecular weight is 359 g/mol. The Bertz CT molecular complexity index is 940. The lowest BCUT2D eigenvalue weighted by atomic mass is 9.99. The van der Waals surface area contributed by atoms with Crippen LogP contribution in [0.4, 0.5) is 0 Å². The molecule has 0 atom stereocenters. The van der Waals surface area contributed by atoms with E-state index in [4.69, 9.17) is 0 Å². The summed E-state index contributed by atoms with van der Waals surface area (Å²) in [5.74, 6) is 0.191. The Morgan fingerprint density at radius 3 is 2.11 bits per heavy atom. The van der Waals surface area contributed by atoms with Gasteiger partial charge in [-0.2, -0.15) is 5.10 Å². The van der Waals surface area contributed by atoms with E-state index in [1.807, 2.05) is 60.7 Å². The Kier molecular flexibility index (Phi) is 4.83. The molecule has 4 rings (SSSR count). The molecular weight excluding hydrogens is 338 g/mol. The molecule has 1 saturated carbocycles. The largest absolute Gasteiger partial charge is 0.344 e. The third-order valence-corrected chi connectivity index (χ3v) is 4.75. The number of carbonyl (C=O) groups excluding carboxylic acids is 1. The SMILES string of the molecule is O=C(Cn1nc(C2CC2)ccc1=O)NC(c1ccccc1)c1ccccc1. The minimum Gasteiger partial charge on any atom is -0.344 e. The molecule has 2 aromatic carbocycles. The smallest absolute Gasteiger partial charge is 0.267 e. The molecular formula is C22H21N3O2. The van der Waals surface area contributed by atoms with Crippen LogP contribution in [0.5, 0.6) is 0 Å². The van der Waals surface area contributed by atoms with Crippen molar-refractivity contribution >= 4 is 5.91 Å². The van der Waals surface area contributed by atoms with Crippen LogP contribution in [-0.2, 0) is 11.3 Å². The molecule has 1 fully saturated rings. The second kappa shape index (κ2) is 7.58. The van der Waals surface area contributed by atoms with Gasteiger partial charge in [0, 0.05) is 12.0 Å². The van der Waals surface area contributed by atoms with E-state index in [0.29, 0.717) is 5.92 Å². The van der Waals surface area contributed by atoms with Crippen molar-refractivity contribution in [2.75, 3.05) is 0 Å². The highest BCUT2D eigenvalue weighted by atomic mass is 16.2. The lowest BCUT2D eigenvalue weighted by Gasteiger charge is -2.20. The van der Waals surface area contributed by atoms with Crippen LogP contribution in [0.25, 0.3) is 0 Å². The zero-order valence-corrected chi connectivity index (χ0v) is 14.9. The van der Waals surface area contributed by atoms with E-state index in [1.165, 1.54) is 10.7 Å². The van der Waals surface area contributed by atoms with Gasteiger partial charge in [0.15, 0.2) is 0 Å². The summed E-state index contributed by atoms with van der Waals surface area (Å²) < 4.78 is 1.26. The van der Waals surface area contributed by atoms with Gasteiger partial charge in [-0.1, -0.05) is 60.7 Å². The number of benzene rings is 2. The van der Waals surface area contributed by atoms with E-state index in [-0.39, 0.29) is 24.1 Å². The number of hydrogen-bond donors (Lipinski definition) is 1. The van der Waals surface area contributed by atoms with Crippen molar-refractivity contribution in [1.29, 1.82) is 0 Å². The Labute approximate surface area is 157 Å². The van der Waals surface area contributed by atoms with Crippen LogP contribution in [-0.4, -0.2) is 15.7 Å². The van der Waals surface area contributed by atoms with Gasteiger partial charge in [-0.15, -0.1) is 0 Å². The molecule has 5 nitrogen and oxygen atoms in total. The van der Waals surface area contributed by atoms with E-state index in [2.05, 4.69) is 10.4 Å². The van der Waals surface area contributed by atoms with Crippen LogP contribution in [0.3, 0.4) is 0 Å². The number of nitrogens with one attached hydrogen (secondary N) is 1. The fraction of sp³-hybridized carbons (Fsp3) is 0.227. The van der Waals surface area contributed by atoms with Gasteiger partial charge in [0.1, 0.15) is 6.54 Å². The first-order valence-corrected chi connectivity index (χ1v) is 9.18. The summed E-state index contributed by atoms with van der Waals surface area (Å²) in [7, 11) is 0. The highest BCUT2D eigenvalue weighted by molar-refractivity contribution is 5.76. The van der Waals surface area contributed by atoms with E-state index in [9.17, 15) is 9.59 Å². The van der Waals surface area contributed by atoms with Gasteiger partial charge >= 0.3 is 0 Å². The topological polar surface area (TPSA) is 64.0 Å². The predicted molar refractivity (Wildman–Crippen MR) is 103 cm³/mol. The highest BCUT2D eigenvalue weighted by Crippen LogP contribution is 2.38. The number of aromatic nitrogens is 2. The number of rotatable bonds is 6. The third kappa shape index (κ3) is 4.14. The maximum atomic E-state index is 12.7. The van der Waals surface area contributed by atoms with Crippen molar-refractivity contribution in [3.63, 3.8) is 0 Å². The highest BCUT2D eigenvalue weighted by Gasteiger charge is 2.26. The lowest BCUT2D eigenvalue weighted by molar-refractivity contribution is -0.122. The first-order chi connectivity index (χ1) is 13.2. The summed E-state index contributed by atoms with van der Waals surface area (Å²) in [5, 5.41) is 7.42. The number of carbonyl (C=O) groups is 1. The van der Waals surface area contributed by atoms with Crippen molar-refractivity contribution in [3.05, 3.63) is 100.0 Å². The van der Waals surface area contributed by atoms with Crippen molar-refractivity contribution < 1.29 is 4.79 Å². The molecule has 27 heavy (non-hydrogen) atoms. The Hall–Kier alpha value is -3.21. The summed E-state index contributed by atoms with van der Waals surface area (Å²) >= 11 is 0. The average Bonchev–Trinajstić information content (AvgIpc) is 3.54. The van der Waals surface area contributed by atoms with Crippen molar-refractivity contribution in [3.8, 4) is 0 Å². The Balaban J connectivity index is 1.56. The van der Waals surface area contributed by atoms with Crippen molar-refractivity contribution in [2.45, 2.75) is 31.3 Å². The standard InChI is InChI=1S/C22H21N3O2/c26-20(15-25-21(27)14-13-19(24-25)16-11-12-16)23-22(17-7-3-1-4-8-17)18-9-5-2-6-10-18/h1-10,13-14,16,22H,11-12,15H2,(H,23,26). The summed E-state index contributed by atoms with van der Waals surface area (Å²) in [5.41, 5.74) is 2.61. The summed E-state index contributed by atoms with van der Waals surface area (Å²) in [4.78, 5) is 24.8. The molecule has 1 aliphatic rings. The van der Waals surface area contributed by atoms with Gasteiger partial charge in [0.25, 0.3) is 5.56 Å². The zero-order chi connectivity index (χ0) is 18.6. The third-order valence-electron chi connectivity index (χ3n) is 4.75. The molecule has 136 valence electrons. The minimum atomic E-state index is -0.276. The number of nitrogens with zero attached hydrogens (tertiary/aromatic N) is 2. The van der Waals surface area contributed by atoms with E-state index >= 15 is 0 Å². The van der Waals surface area contributed by atoms with Crippen LogP contribution >= 0.6 is 0 Å². The molecule has 1 aromatic heterocycles. The molecule has 0 radical (unpaired) electrons. The molecule has 0 unspecified atom stereocenters. The molecule has 1 amide bonds. The van der Waals surface area contributed by atoms with Gasteiger partial charge in [0.05, 0.1) is 11.7 Å². The second-order valence-electron chi connectivity index (χ2n) is 6.85. The van der Waals surface area contributed by atoms with Gasteiger partial charge in [-0.3, -0.25) is 9.59 Å². The number of hydrogen-bond acceptors (Lipinski definition) is 3. The normalized spacial score (nSPS) is 13.5. The molecule has 1 aliphatic carbocycles. The Morgan fingerprint density at radius 1 is 0.963 bits per heavy atom. The fourth-order valence-electron chi connectivity index (χ4n) is 3.17. The van der Waals surface area contributed by atoms with Gasteiger partial charge in [-0.25, -0.2) is 4.68 Å². The maximum Gasteiger partial charge on any atom is 0.267 e. The fourth-order valence-corrected chi connectivity index (χ4v) is 3.17. The monoisotopic (exact) mass is 359 g/mol. The number of amides is 1. The van der Waals surface area contributed by atoms with Gasteiger partial charge < -0.3 is 5.32 Å². The van der Waals surface area contributed by atoms with E-state index in [1.54, 1.807) is 6.07 Å².